The number of fused-ring (bicyclic) bond motifs is 4. The number of amidine groups is 1. The van der Waals surface area contributed by atoms with Crippen molar-refractivity contribution in [2.24, 2.45) is 22.7 Å². The second-order valence-corrected chi connectivity index (χ2v) is 8.02. The Kier molecular flexibility index (Phi) is 3.41. The first-order valence-electron chi connectivity index (χ1n) is 8.88. The van der Waals surface area contributed by atoms with Gasteiger partial charge in [-0.25, -0.2) is 0 Å². The minimum Gasteiger partial charge on any atom is -0.409 e. The number of nitrogens with zero attached hydrogens (tertiary/aromatic N) is 2. The van der Waals surface area contributed by atoms with Crippen molar-refractivity contribution in [1.82, 2.24) is 4.90 Å². The molecule has 1 aromatic rings. The van der Waals surface area contributed by atoms with Crippen LogP contribution in [-0.4, -0.2) is 35.1 Å². The van der Waals surface area contributed by atoms with Crippen LogP contribution in [0, 0.1) is 11.8 Å². The summed E-state index contributed by atoms with van der Waals surface area (Å²) >= 11 is 0. The summed E-state index contributed by atoms with van der Waals surface area (Å²) < 4.78 is 0. The van der Waals surface area contributed by atoms with Crippen LogP contribution in [0.15, 0.2) is 23.4 Å². The molecule has 0 aromatic heterocycles. The van der Waals surface area contributed by atoms with Crippen molar-refractivity contribution in [3.05, 3.63) is 34.9 Å². The van der Waals surface area contributed by atoms with Gasteiger partial charge in [0.2, 0.25) is 0 Å². The van der Waals surface area contributed by atoms with E-state index in [0.29, 0.717) is 12.0 Å². The molecule has 1 aliphatic heterocycles. The van der Waals surface area contributed by atoms with Crippen LogP contribution < -0.4 is 5.73 Å². The van der Waals surface area contributed by atoms with Crippen molar-refractivity contribution < 1.29 is 5.21 Å². The smallest absolute Gasteiger partial charge is 0.170 e. The lowest BCUT2D eigenvalue weighted by molar-refractivity contribution is 0.0284. The summed E-state index contributed by atoms with van der Waals surface area (Å²) in [6, 6.07) is 7.01. The highest BCUT2D eigenvalue weighted by Crippen LogP contribution is 2.49. The molecule has 1 saturated heterocycles. The van der Waals surface area contributed by atoms with Crippen LogP contribution in [0.2, 0.25) is 0 Å². The molecule has 0 spiro atoms. The lowest BCUT2D eigenvalue weighted by atomic mass is 9.59. The van der Waals surface area contributed by atoms with Crippen molar-refractivity contribution in [3.63, 3.8) is 0 Å². The molecule has 1 aromatic carbocycles. The molecule has 1 heterocycles. The lowest BCUT2D eigenvalue weighted by Crippen LogP contribution is -2.58. The van der Waals surface area contributed by atoms with Gasteiger partial charge in [-0.05, 0) is 66.7 Å². The highest BCUT2D eigenvalue weighted by molar-refractivity contribution is 5.97. The number of hydrogen-bond acceptors (Lipinski definition) is 3. The molecule has 4 rings (SSSR count). The van der Waals surface area contributed by atoms with Crippen molar-refractivity contribution >= 4 is 5.84 Å². The van der Waals surface area contributed by atoms with Gasteiger partial charge in [0.1, 0.15) is 0 Å². The van der Waals surface area contributed by atoms with E-state index in [-0.39, 0.29) is 11.3 Å². The van der Waals surface area contributed by atoms with E-state index in [9.17, 15) is 0 Å². The summed E-state index contributed by atoms with van der Waals surface area (Å²) in [5.74, 6) is 1.80. The van der Waals surface area contributed by atoms with Gasteiger partial charge >= 0.3 is 0 Å². The fourth-order valence-corrected chi connectivity index (χ4v) is 4.78. The monoisotopic (exact) mass is 313 g/mol. The van der Waals surface area contributed by atoms with E-state index >= 15 is 0 Å². The van der Waals surface area contributed by atoms with Gasteiger partial charge in [-0.15, -0.1) is 0 Å². The Morgan fingerprint density at radius 1 is 1.43 bits per heavy atom. The van der Waals surface area contributed by atoms with E-state index < -0.39 is 0 Å². The average Bonchev–Trinajstić information content (AvgIpc) is 3.36. The number of likely N-dealkylation sites (tertiary alicyclic amines) is 1. The Bertz CT molecular complexity index is 652. The molecule has 2 bridgehead atoms. The maximum absolute atomic E-state index is 8.97. The standard InChI is InChI=1S/C19H27N3O/c1-12-17-10-14-5-6-15(18(20)21-23)9-16(14)19(12,2)7-8-22(17)11-13-3-4-13/h5-6,9,12-13,17,23H,3-4,7-8,10-11H2,1-2H3,(H2,20,21)/t12-,17?,19-/m0/s1. The van der Waals surface area contributed by atoms with Crippen molar-refractivity contribution in [3.8, 4) is 0 Å². The van der Waals surface area contributed by atoms with E-state index in [0.717, 1.165) is 17.9 Å². The highest BCUT2D eigenvalue weighted by atomic mass is 16.4. The van der Waals surface area contributed by atoms with Gasteiger partial charge in [0, 0.05) is 18.2 Å². The fraction of sp³-hybridized carbons (Fsp3) is 0.632. The third kappa shape index (κ3) is 2.35. The van der Waals surface area contributed by atoms with Crippen molar-refractivity contribution in [1.29, 1.82) is 0 Å². The number of benzene rings is 1. The molecule has 124 valence electrons. The van der Waals surface area contributed by atoms with E-state index in [2.05, 4.69) is 36.0 Å². The predicted octanol–water partition coefficient (Wildman–Crippen LogP) is 2.72. The minimum absolute atomic E-state index is 0.198. The van der Waals surface area contributed by atoms with Gasteiger partial charge in [-0.3, -0.25) is 4.90 Å². The largest absolute Gasteiger partial charge is 0.409 e. The third-order valence-electron chi connectivity index (χ3n) is 6.72. The van der Waals surface area contributed by atoms with E-state index in [4.69, 9.17) is 10.9 Å². The van der Waals surface area contributed by atoms with E-state index in [1.54, 1.807) is 0 Å². The van der Waals surface area contributed by atoms with Crippen LogP contribution in [-0.2, 0) is 11.8 Å². The average molecular weight is 313 g/mol. The third-order valence-corrected chi connectivity index (χ3v) is 6.72. The van der Waals surface area contributed by atoms with Crippen LogP contribution in [0.4, 0.5) is 0 Å². The summed E-state index contributed by atoms with van der Waals surface area (Å²) in [4.78, 5) is 2.75. The summed E-state index contributed by atoms with van der Waals surface area (Å²) in [6.45, 7) is 7.33. The van der Waals surface area contributed by atoms with Crippen LogP contribution in [0.5, 0.6) is 0 Å². The second kappa shape index (κ2) is 5.23. The Morgan fingerprint density at radius 3 is 2.91 bits per heavy atom. The van der Waals surface area contributed by atoms with E-state index in [1.165, 1.54) is 43.5 Å². The van der Waals surface area contributed by atoms with Crippen molar-refractivity contribution in [2.45, 2.75) is 51.0 Å². The Balaban J connectivity index is 1.71. The molecule has 3 N–H and O–H groups in total. The Hall–Kier alpha value is -1.55. The van der Waals surface area contributed by atoms with Gasteiger partial charge in [-0.1, -0.05) is 31.1 Å². The molecule has 4 nitrogen and oxygen atoms in total. The quantitative estimate of drug-likeness (QED) is 0.390. The minimum atomic E-state index is 0.198. The molecule has 0 amide bonds. The van der Waals surface area contributed by atoms with Crippen molar-refractivity contribution in [2.75, 3.05) is 13.1 Å². The highest BCUT2D eigenvalue weighted by Gasteiger charge is 2.49. The Morgan fingerprint density at radius 2 is 2.22 bits per heavy atom. The first-order valence-corrected chi connectivity index (χ1v) is 8.88. The number of rotatable bonds is 3. The van der Waals surface area contributed by atoms with Gasteiger partial charge < -0.3 is 10.9 Å². The molecule has 4 heteroatoms. The van der Waals surface area contributed by atoms with Crippen LogP contribution in [0.1, 0.15) is 49.8 Å². The number of hydrogen-bond donors (Lipinski definition) is 2. The topological polar surface area (TPSA) is 61.9 Å². The first-order chi connectivity index (χ1) is 11.0. The zero-order valence-electron chi connectivity index (χ0n) is 14.1. The molecule has 1 saturated carbocycles. The predicted molar refractivity (Wildman–Crippen MR) is 91.9 cm³/mol. The zero-order valence-corrected chi connectivity index (χ0v) is 14.1. The van der Waals surface area contributed by atoms with Gasteiger partial charge in [0.15, 0.2) is 5.84 Å². The molecular formula is C19H27N3O. The molecular weight excluding hydrogens is 286 g/mol. The molecule has 23 heavy (non-hydrogen) atoms. The maximum atomic E-state index is 8.97. The number of oxime groups is 1. The van der Waals surface area contributed by atoms with Gasteiger partial charge in [0.05, 0.1) is 0 Å². The van der Waals surface area contributed by atoms with Crippen LogP contribution in [0.3, 0.4) is 0 Å². The molecule has 1 unspecified atom stereocenters. The summed E-state index contributed by atoms with van der Waals surface area (Å²) in [6.07, 6.45) is 5.18. The second-order valence-electron chi connectivity index (χ2n) is 8.02. The fourth-order valence-electron chi connectivity index (χ4n) is 4.78. The summed E-state index contributed by atoms with van der Waals surface area (Å²) in [5, 5.41) is 12.1. The van der Waals surface area contributed by atoms with Crippen LogP contribution >= 0.6 is 0 Å². The molecule has 3 aliphatic rings. The SMILES string of the molecule is C[C@H]1C2Cc3ccc(C(N)=NO)cc3[C@@]1(C)CCN2CC1CC1. The maximum Gasteiger partial charge on any atom is 0.170 e. The van der Waals surface area contributed by atoms with Crippen LogP contribution in [0.25, 0.3) is 0 Å². The molecule has 2 aliphatic carbocycles. The number of piperidine rings is 1. The number of nitrogens with two attached hydrogens (primary N) is 1. The summed E-state index contributed by atoms with van der Waals surface area (Å²) in [7, 11) is 0. The van der Waals surface area contributed by atoms with E-state index in [1.807, 2.05) is 6.07 Å². The first kappa shape index (κ1) is 15.0. The van der Waals surface area contributed by atoms with Gasteiger partial charge in [0.25, 0.3) is 0 Å². The zero-order chi connectivity index (χ0) is 16.2. The molecule has 3 atom stereocenters. The normalized spacial score (nSPS) is 34.3. The van der Waals surface area contributed by atoms with Gasteiger partial charge in [-0.2, -0.15) is 0 Å². The summed E-state index contributed by atoms with van der Waals surface area (Å²) in [5.41, 5.74) is 9.70. The molecule has 2 fully saturated rings. The molecule has 0 radical (unpaired) electrons. The Labute approximate surface area is 138 Å². The lowest BCUT2D eigenvalue weighted by Gasteiger charge is -2.55.